The monoisotopic (exact) mass is 366 g/mol. The van der Waals surface area contributed by atoms with E-state index in [2.05, 4.69) is 10.6 Å². The first-order chi connectivity index (χ1) is 11.9. The zero-order valence-electron chi connectivity index (χ0n) is 14.2. The van der Waals surface area contributed by atoms with Crippen molar-refractivity contribution in [1.82, 2.24) is 5.32 Å². The Bertz CT molecular complexity index is 654. The molecule has 0 radical (unpaired) electrons. The van der Waals surface area contributed by atoms with Crippen LogP contribution in [0.4, 0.5) is 5.69 Å². The third-order valence-electron chi connectivity index (χ3n) is 4.64. The van der Waals surface area contributed by atoms with Gasteiger partial charge in [-0.1, -0.05) is 17.7 Å². The maximum atomic E-state index is 12.1. The summed E-state index contributed by atoms with van der Waals surface area (Å²) in [6.45, 7) is 2.08. The van der Waals surface area contributed by atoms with E-state index in [9.17, 15) is 14.4 Å². The summed E-state index contributed by atoms with van der Waals surface area (Å²) in [6, 6.07) is 5.30. The van der Waals surface area contributed by atoms with Crippen molar-refractivity contribution in [2.45, 2.75) is 39.0 Å². The van der Waals surface area contributed by atoms with Crippen LogP contribution in [0.2, 0.25) is 5.02 Å². The number of hydrogen-bond acceptors (Lipinski definition) is 3. The Morgan fingerprint density at radius 2 is 1.80 bits per heavy atom. The van der Waals surface area contributed by atoms with Crippen molar-refractivity contribution in [3.8, 4) is 0 Å². The van der Waals surface area contributed by atoms with E-state index in [0.29, 0.717) is 36.4 Å². The molecule has 1 fully saturated rings. The molecular weight excluding hydrogens is 344 g/mol. The van der Waals surface area contributed by atoms with E-state index in [1.807, 2.05) is 6.92 Å². The number of amides is 2. The van der Waals surface area contributed by atoms with Crippen LogP contribution in [-0.2, 0) is 14.4 Å². The van der Waals surface area contributed by atoms with Crippen LogP contribution in [0, 0.1) is 18.8 Å². The van der Waals surface area contributed by atoms with Gasteiger partial charge in [0.1, 0.15) is 0 Å². The Balaban J connectivity index is 1.71. The lowest BCUT2D eigenvalue weighted by atomic mass is 9.81. The predicted octanol–water partition coefficient (Wildman–Crippen LogP) is 2.98. The zero-order valence-corrected chi connectivity index (χ0v) is 14.9. The molecule has 1 aliphatic carbocycles. The van der Waals surface area contributed by atoms with Gasteiger partial charge in [0, 0.05) is 29.6 Å². The highest BCUT2D eigenvalue weighted by molar-refractivity contribution is 6.31. The van der Waals surface area contributed by atoms with Gasteiger partial charge in [-0.3, -0.25) is 14.4 Å². The van der Waals surface area contributed by atoms with E-state index in [0.717, 1.165) is 5.56 Å². The van der Waals surface area contributed by atoms with Gasteiger partial charge in [0.2, 0.25) is 11.8 Å². The molecule has 0 spiro atoms. The second kappa shape index (κ2) is 8.85. The maximum Gasteiger partial charge on any atom is 0.306 e. The number of hydrogen-bond donors (Lipinski definition) is 3. The summed E-state index contributed by atoms with van der Waals surface area (Å²) in [5, 5.41) is 15.1. The molecule has 2 amide bonds. The smallest absolute Gasteiger partial charge is 0.306 e. The van der Waals surface area contributed by atoms with Gasteiger partial charge in [-0.25, -0.2) is 0 Å². The number of anilines is 1. The van der Waals surface area contributed by atoms with Crippen LogP contribution in [-0.4, -0.2) is 29.4 Å². The highest BCUT2D eigenvalue weighted by Gasteiger charge is 2.29. The molecule has 2 rings (SSSR count). The van der Waals surface area contributed by atoms with Crippen molar-refractivity contribution in [3.63, 3.8) is 0 Å². The Morgan fingerprint density at radius 1 is 1.16 bits per heavy atom. The molecule has 0 saturated heterocycles. The molecule has 1 aromatic rings. The molecule has 6 nitrogen and oxygen atoms in total. The quantitative estimate of drug-likeness (QED) is 0.721. The molecule has 136 valence electrons. The Kier molecular flexibility index (Phi) is 6.82. The predicted molar refractivity (Wildman–Crippen MR) is 95.5 cm³/mol. The number of carboxylic acids is 1. The minimum Gasteiger partial charge on any atom is -0.481 e. The molecule has 0 unspecified atom stereocenters. The molecule has 0 heterocycles. The largest absolute Gasteiger partial charge is 0.481 e. The maximum absolute atomic E-state index is 12.1. The van der Waals surface area contributed by atoms with Crippen molar-refractivity contribution in [2.75, 3.05) is 11.9 Å². The number of benzene rings is 1. The van der Waals surface area contributed by atoms with Crippen LogP contribution in [0.15, 0.2) is 18.2 Å². The minimum absolute atomic E-state index is 0.101. The topological polar surface area (TPSA) is 95.5 Å². The van der Waals surface area contributed by atoms with E-state index >= 15 is 0 Å². The van der Waals surface area contributed by atoms with Gasteiger partial charge in [0.25, 0.3) is 0 Å². The average molecular weight is 367 g/mol. The van der Waals surface area contributed by atoms with Crippen molar-refractivity contribution in [1.29, 1.82) is 0 Å². The summed E-state index contributed by atoms with van der Waals surface area (Å²) in [6.07, 6.45) is 2.39. The summed E-state index contributed by atoms with van der Waals surface area (Å²) >= 11 is 6.01. The first-order valence-corrected chi connectivity index (χ1v) is 8.81. The zero-order chi connectivity index (χ0) is 18.4. The third kappa shape index (κ3) is 5.46. The minimum atomic E-state index is -0.785. The van der Waals surface area contributed by atoms with Crippen LogP contribution in [0.1, 0.15) is 37.7 Å². The van der Waals surface area contributed by atoms with E-state index in [1.54, 1.807) is 18.2 Å². The van der Waals surface area contributed by atoms with Gasteiger partial charge in [0.15, 0.2) is 0 Å². The van der Waals surface area contributed by atoms with Gasteiger partial charge in [0.05, 0.1) is 5.92 Å². The molecule has 0 aromatic heterocycles. The molecular formula is C18H23ClN2O4. The number of carboxylic acid groups (broad SMARTS) is 1. The molecule has 1 saturated carbocycles. The normalized spacial score (nSPS) is 19.9. The highest BCUT2D eigenvalue weighted by atomic mass is 35.5. The van der Waals surface area contributed by atoms with Crippen molar-refractivity contribution in [2.24, 2.45) is 11.8 Å². The van der Waals surface area contributed by atoms with Gasteiger partial charge in [-0.05, 0) is 50.3 Å². The first-order valence-electron chi connectivity index (χ1n) is 8.44. The van der Waals surface area contributed by atoms with Gasteiger partial charge >= 0.3 is 5.97 Å². The molecule has 0 bridgehead atoms. The van der Waals surface area contributed by atoms with Gasteiger partial charge < -0.3 is 15.7 Å². The van der Waals surface area contributed by atoms with E-state index in [1.165, 1.54) is 0 Å². The second-order valence-electron chi connectivity index (χ2n) is 6.39. The summed E-state index contributed by atoms with van der Waals surface area (Å²) in [5.41, 5.74) is 1.47. The van der Waals surface area contributed by atoms with Crippen LogP contribution < -0.4 is 10.6 Å². The van der Waals surface area contributed by atoms with E-state index in [-0.39, 0.29) is 36.6 Å². The van der Waals surface area contributed by atoms with Crippen LogP contribution in [0.5, 0.6) is 0 Å². The summed E-state index contributed by atoms with van der Waals surface area (Å²) in [7, 11) is 0. The summed E-state index contributed by atoms with van der Waals surface area (Å²) < 4.78 is 0. The van der Waals surface area contributed by atoms with Crippen molar-refractivity contribution < 1.29 is 19.5 Å². The molecule has 1 aromatic carbocycles. The van der Waals surface area contributed by atoms with Crippen LogP contribution >= 0.6 is 11.6 Å². The fourth-order valence-electron chi connectivity index (χ4n) is 3.00. The number of carbonyl (C=O) groups excluding carboxylic acids is 2. The highest BCUT2D eigenvalue weighted by Crippen LogP contribution is 2.29. The molecule has 3 N–H and O–H groups in total. The average Bonchev–Trinajstić information content (AvgIpc) is 2.59. The molecule has 0 aliphatic heterocycles. The lowest BCUT2D eigenvalue weighted by molar-refractivity contribution is -0.144. The van der Waals surface area contributed by atoms with E-state index in [4.69, 9.17) is 16.7 Å². The summed E-state index contributed by atoms with van der Waals surface area (Å²) in [4.78, 5) is 35.0. The lowest BCUT2D eigenvalue weighted by Crippen LogP contribution is -2.35. The summed E-state index contributed by atoms with van der Waals surface area (Å²) in [5.74, 6) is -1.58. The number of nitrogens with one attached hydrogen (secondary N) is 2. The fourth-order valence-corrected chi connectivity index (χ4v) is 3.18. The number of rotatable bonds is 6. The first kappa shape index (κ1) is 19.2. The van der Waals surface area contributed by atoms with E-state index < -0.39 is 5.97 Å². The number of halogens is 1. The molecule has 0 atom stereocenters. The SMILES string of the molecule is Cc1c(Cl)cccc1NC(=O)CCNC(=O)C1CCC(C(=O)O)CC1. The Morgan fingerprint density at radius 3 is 2.44 bits per heavy atom. The van der Waals surface area contributed by atoms with Gasteiger partial charge in [-0.2, -0.15) is 0 Å². The molecule has 7 heteroatoms. The number of aliphatic carboxylic acids is 1. The fraction of sp³-hybridized carbons (Fsp3) is 0.500. The lowest BCUT2D eigenvalue weighted by Gasteiger charge is -2.25. The number of carbonyl (C=O) groups is 3. The van der Waals surface area contributed by atoms with Crippen LogP contribution in [0.3, 0.4) is 0 Å². The standard InChI is InChI=1S/C18H23ClN2O4/c1-11-14(19)3-2-4-15(11)21-16(22)9-10-20-17(23)12-5-7-13(8-6-12)18(24)25/h2-4,12-13H,5-10H2,1H3,(H,20,23)(H,21,22)(H,24,25). The van der Waals surface area contributed by atoms with Crippen LogP contribution in [0.25, 0.3) is 0 Å². The third-order valence-corrected chi connectivity index (χ3v) is 5.05. The molecule has 1 aliphatic rings. The molecule has 25 heavy (non-hydrogen) atoms. The van der Waals surface area contributed by atoms with Crippen molar-refractivity contribution in [3.05, 3.63) is 28.8 Å². The Labute approximate surface area is 151 Å². The van der Waals surface area contributed by atoms with Crippen molar-refractivity contribution >= 4 is 35.1 Å². The Hall–Kier alpha value is -2.08. The second-order valence-corrected chi connectivity index (χ2v) is 6.80. The van der Waals surface area contributed by atoms with Gasteiger partial charge in [-0.15, -0.1) is 0 Å².